The Balaban J connectivity index is 2.83. The molecule has 1 rings (SSSR count). The minimum absolute atomic E-state index is 0.0224. The Morgan fingerprint density at radius 1 is 1.19 bits per heavy atom. The van der Waals surface area contributed by atoms with E-state index < -0.39 is 17.6 Å². The quantitative estimate of drug-likeness (QED) is 0.348. The molecule has 0 atom stereocenters. The fourth-order valence-electron chi connectivity index (χ4n) is 1.10. The topological polar surface area (TPSA) is 80.5 Å². The fourth-order valence-corrected chi connectivity index (χ4v) is 1.10. The molecule has 0 heterocycles. The van der Waals surface area contributed by atoms with Crippen LogP contribution < -0.4 is 5.84 Å². The summed E-state index contributed by atoms with van der Waals surface area (Å²) in [6.45, 7) is 1.53. The first-order valence-electron chi connectivity index (χ1n) is 4.79. The highest BCUT2D eigenvalue weighted by Gasteiger charge is 2.23. The Hall–Kier alpha value is -2.01. The molecule has 5 nitrogen and oxygen atoms in total. The van der Waals surface area contributed by atoms with Gasteiger partial charge >= 0.3 is 5.91 Å². The Morgan fingerprint density at radius 2 is 1.75 bits per heavy atom. The smallest absolute Gasteiger partial charge is 0.289 e. The molecule has 0 unspecified atom stereocenters. The zero-order valence-electron chi connectivity index (χ0n) is 8.84. The monoisotopic (exact) mass is 220 g/mol. The fraction of sp³-hybridized carbons (Fsp3) is 0.182. The SMILES string of the molecule is CCC(=O)C(=O)N(N)C(=O)c1ccccc1. The Bertz CT molecular complexity index is 414. The van der Waals surface area contributed by atoms with E-state index in [0.29, 0.717) is 5.01 Å². The zero-order valence-corrected chi connectivity index (χ0v) is 8.84. The van der Waals surface area contributed by atoms with E-state index in [1.54, 1.807) is 18.2 Å². The summed E-state index contributed by atoms with van der Waals surface area (Å²) in [6, 6.07) is 8.06. The number of benzene rings is 1. The number of rotatable bonds is 3. The maximum atomic E-state index is 11.6. The first kappa shape index (κ1) is 12.1. The van der Waals surface area contributed by atoms with Gasteiger partial charge in [-0.2, -0.15) is 0 Å². The Kier molecular flexibility index (Phi) is 3.90. The molecule has 84 valence electrons. The average Bonchev–Trinajstić information content (AvgIpc) is 2.36. The van der Waals surface area contributed by atoms with Crippen LogP contribution in [0.3, 0.4) is 0 Å². The molecule has 1 aromatic carbocycles. The van der Waals surface area contributed by atoms with E-state index in [-0.39, 0.29) is 12.0 Å². The van der Waals surface area contributed by atoms with Crippen molar-refractivity contribution in [3.8, 4) is 0 Å². The number of ketones is 1. The molecule has 0 radical (unpaired) electrons. The summed E-state index contributed by atoms with van der Waals surface area (Å²) in [7, 11) is 0. The van der Waals surface area contributed by atoms with Gasteiger partial charge in [-0.05, 0) is 12.1 Å². The predicted molar refractivity (Wildman–Crippen MR) is 57.1 cm³/mol. The van der Waals surface area contributed by atoms with Crippen molar-refractivity contribution >= 4 is 17.6 Å². The molecular formula is C11H12N2O3. The van der Waals surface area contributed by atoms with Crippen molar-refractivity contribution in [3.05, 3.63) is 35.9 Å². The number of nitrogens with zero attached hydrogens (tertiary/aromatic N) is 1. The van der Waals surface area contributed by atoms with Crippen LogP contribution in [0.1, 0.15) is 23.7 Å². The van der Waals surface area contributed by atoms with Crippen molar-refractivity contribution < 1.29 is 14.4 Å². The van der Waals surface area contributed by atoms with E-state index in [4.69, 9.17) is 5.84 Å². The highest BCUT2D eigenvalue weighted by atomic mass is 16.2. The molecule has 0 aromatic heterocycles. The second-order valence-corrected chi connectivity index (χ2v) is 3.12. The van der Waals surface area contributed by atoms with Crippen LogP contribution in [-0.2, 0) is 9.59 Å². The number of hydrogen-bond donors (Lipinski definition) is 1. The van der Waals surface area contributed by atoms with E-state index >= 15 is 0 Å². The maximum absolute atomic E-state index is 11.6. The summed E-state index contributed by atoms with van der Waals surface area (Å²) >= 11 is 0. The third kappa shape index (κ3) is 2.52. The first-order valence-corrected chi connectivity index (χ1v) is 4.79. The van der Waals surface area contributed by atoms with Crippen LogP contribution in [0.4, 0.5) is 0 Å². The summed E-state index contributed by atoms with van der Waals surface area (Å²) < 4.78 is 0. The van der Waals surface area contributed by atoms with Gasteiger partial charge in [0.25, 0.3) is 5.91 Å². The van der Waals surface area contributed by atoms with Crippen molar-refractivity contribution in [2.75, 3.05) is 0 Å². The molecule has 2 N–H and O–H groups in total. The second kappa shape index (κ2) is 5.18. The van der Waals surface area contributed by atoms with Crippen LogP contribution >= 0.6 is 0 Å². The molecule has 0 saturated heterocycles. The van der Waals surface area contributed by atoms with Crippen LogP contribution in [0.5, 0.6) is 0 Å². The largest absolute Gasteiger partial charge is 0.311 e. The van der Waals surface area contributed by atoms with E-state index in [0.717, 1.165) is 0 Å². The van der Waals surface area contributed by atoms with E-state index in [9.17, 15) is 14.4 Å². The maximum Gasteiger partial charge on any atom is 0.311 e. The summed E-state index contributed by atoms with van der Waals surface area (Å²) in [6.07, 6.45) is 0.0224. The van der Waals surface area contributed by atoms with Crippen molar-refractivity contribution in [1.82, 2.24) is 5.01 Å². The molecule has 0 aliphatic carbocycles. The lowest BCUT2D eigenvalue weighted by molar-refractivity contribution is -0.142. The van der Waals surface area contributed by atoms with Gasteiger partial charge in [0, 0.05) is 12.0 Å². The number of hydrogen-bond acceptors (Lipinski definition) is 4. The van der Waals surface area contributed by atoms with E-state index in [1.807, 2.05) is 0 Å². The third-order valence-corrected chi connectivity index (χ3v) is 2.02. The molecular weight excluding hydrogens is 208 g/mol. The minimum atomic E-state index is -0.989. The van der Waals surface area contributed by atoms with Crippen LogP contribution in [0.15, 0.2) is 30.3 Å². The van der Waals surface area contributed by atoms with Gasteiger partial charge < -0.3 is 0 Å². The van der Waals surface area contributed by atoms with Gasteiger partial charge in [-0.1, -0.05) is 25.1 Å². The number of carbonyl (C=O) groups excluding carboxylic acids is 3. The lowest BCUT2D eigenvalue weighted by Crippen LogP contribution is -2.46. The predicted octanol–water partition coefficient (Wildman–Crippen LogP) is 0.508. The molecule has 0 saturated carbocycles. The van der Waals surface area contributed by atoms with Crippen LogP contribution in [0.25, 0.3) is 0 Å². The summed E-state index contributed by atoms with van der Waals surface area (Å²) in [5.74, 6) is 2.92. The number of imide groups is 1. The molecule has 0 bridgehead atoms. The molecule has 0 aliphatic rings. The zero-order chi connectivity index (χ0) is 12.1. The normalized spacial score (nSPS) is 9.62. The average molecular weight is 220 g/mol. The van der Waals surface area contributed by atoms with E-state index in [1.165, 1.54) is 19.1 Å². The van der Waals surface area contributed by atoms with Crippen molar-refractivity contribution in [2.24, 2.45) is 5.84 Å². The molecule has 0 spiro atoms. The van der Waals surface area contributed by atoms with E-state index in [2.05, 4.69) is 0 Å². The van der Waals surface area contributed by atoms with Gasteiger partial charge in [-0.15, -0.1) is 0 Å². The summed E-state index contributed by atoms with van der Waals surface area (Å²) in [4.78, 5) is 34.0. The lowest BCUT2D eigenvalue weighted by atomic mass is 10.2. The minimum Gasteiger partial charge on any atom is -0.289 e. The van der Waals surface area contributed by atoms with Crippen molar-refractivity contribution in [1.29, 1.82) is 0 Å². The lowest BCUT2D eigenvalue weighted by Gasteiger charge is -2.13. The molecule has 2 amide bonds. The van der Waals surface area contributed by atoms with Crippen LogP contribution in [0.2, 0.25) is 0 Å². The van der Waals surface area contributed by atoms with Gasteiger partial charge in [0.05, 0.1) is 0 Å². The highest BCUT2D eigenvalue weighted by Crippen LogP contribution is 2.02. The standard InChI is InChI=1S/C11H12N2O3/c1-2-9(14)11(16)13(12)10(15)8-6-4-3-5-7-8/h3-7H,2,12H2,1H3. The Labute approximate surface area is 92.8 Å². The third-order valence-electron chi connectivity index (χ3n) is 2.02. The second-order valence-electron chi connectivity index (χ2n) is 3.12. The number of amides is 2. The van der Waals surface area contributed by atoms with Gasteiger partial charge in [0.1, 0.15) is 0 Å². The van der Waals surface area contributed by atoms with Crippen LogP contribution in [-0.4, -0.2) is 22.6 Å². The van der Waals surface area contributed by atoms with Crippen molar-refractivity contribution in [3.63, 3.8) is 0 Å². The number of carbonyl (C=O) groups is 3. The van der Waals surface area contributed by atoms with Gasteiger partial charge in [-0.25, -0.2) is 10.9 Å². The van der Waals surface area contributed by atoms with Gasteiger partial charge in [0.15, 0.2) is 0 Å². The summed E-state index contributed by atoms with van der Waals surface area (Å²) in [5.41, 5.74) is 0.266. The number of nitrogens with two attached hydrogens (primary N) is 1. The first-order chi connectivity index (χ1) is 7.57. The molecule has 0 fully saturated rings. The molecule has 16 heavy (non-hydrogen) atoms. The van der Waals surface area contributed by atoms with Gasteiger partial charge in [0.2, 0.25) is 5.78 Å². The summed E-state index contributed by atoms with van der Waals surface area (Å²) in [5, 5.41) is 0.348. The van der Waals surface area contributed by atoms with Crippen molar-refractivity contribution in [2.45, 2.75) is 13.3 Å². The number of hydrazine groups is 1. The molecule has 5 heteroatoms. The molecule has 1 aromatic rings. The van der Waals surface area contributed by atoms with Gasteiger partial charge in [-0.3, -0.25) is 14.4 Å². The number of Topliss-reactive ketones (excluding diaryl/α,β-unsaturated/α-hetero) is 1. The Morgan fingerprint density at radius 3 is 2.25 bits per heavy atom. The van der Waals surface area contributed by atoms with Crippen LogP contribution in [0, 0.1) is 0 Å². The highest BCUT2D eigenvalue weighted by molar-refractivity contribution is 6.38. The molecule has 0 aliphatic heterocycles.